The highest BCUT2D eigenvalue weighted by molar-refractivity contribution is 9.10. The van der Waals surface area contributed by atoms with Gasteiger partial charge < -0.3 is 4.90 Å². The number of benzene rings is 1. The number of nitrogens with zero attached hydrogens (tertiary/aromatic N) is 1. The van der Waals surface area contributed by atoms with Crippen molar-refractivity contribution in [1.82, 2.24) is 4.90 Å². The second kappa shape index (κ2) is 4.42. The predicted octanol–water partition coefficient (Wildman–Crippen LogP) is 2.54. The fraction of sp³-hybridized carbons (Fsp3) is 0.300. The van der Waals surface area contributed by atoms with Crippen molar-refractivity contribution in [3.8, 4) is 0 Å². The summed E-state index contributed by atoms with van der Waals surface area (Å²) in [5.74, 6) is 0.0509. The van der Waals surface area contributed by atoms with Crippen LogP contribution in [-0.2, 0) is 0 Å². The third-order valence-electron chi connectivity index (χ3n) is 1.93. The second-order valence-electron chi connectivity index (χ2n) is 2.80. The summed E-state index contributed by atoms with van der Waals surface area (Å²) in [4.78, 5) is 13.4. The van der Waals surface area contributed by atoms with E-state index in [1.165, 1.54) is 0 Å². The number of rotatable bonds is 2. The highest BCUT2D eigenvalue weighted by atomic mass is 79.9. The van der Waals surface area contributed by atoms with Crippen LogP contribution in [0.1, 0.15) is 17.3 Å². The van der Waals surface area contributed by atoms with Crippen molar-refractivity contribution in [2.24, 2.45) is 0 Å². The van der Waals surface area contributed by atoms with E-state index >= 15 is 0 Å². The molecule has 0 radical (unpaired) electrons. The van der Waals surface area contributed by atoms with Crippen molar-refractivity contribution in [2.45, 2.75) is 6.92 Å². The van der Waals surface area contributed by atoms with Crippen LogP contribution in [0, 0.1) is 0 Å². The molecular formula is C10H12BrNO. The van der Waals surface area contributed by atoms with Gasteiger partial charge in [-0.15, -0.1) is 0 Å². The zero-order valence-electron chi connectivity index (χ0n) is 7.75. The summed E-state index contributed by atoms with van der Waals surface area (Å²) in [6, 6.07) is 7.45. The molecule has 0 heterocycles. The molecule has 0 aliphatic heterocycles. The lowest BCUT2D eigenvalue weighted by Crippen LogP contribution is -2.26. The minimum atomic E-state index is 0.0509. The van der Waals surface area contributed by atoms with E-state index in [-0.39, 0.29) is 5.91 Å². The zero-order valence-corrected chi connectivity index (χ0v) is 9.34. The number of halogens is 1. The number of carbonyl (C=O) groups excluding carboxylic acids is 1. The molecule has 1 amide bonds. The summed E-state index contributed by atoms with van der Waals surface area (Å²) in [5.41, 5.74) is 0.715. The molecule has 1 aromatic rings. The second-order valence-corrected chi connectivity index (χ2v) is 3.65. The molecule has 0 bridgehead atoms. The van der Waals surface area contributed by atoms with Crippen LogP contribution >= 0.6 is 15.9 Å². The third kappa shape index (κ3) is 2.31. The Morgan fingerprint density at radius 1 is 1.46 bits per heavy atom. The van der Waals surface area contributed by atoms with E-state index in [4.69, 9.17) is 0 Å². The van der Waals surface area contributed by atoms with Crippen LogP contribution in [0.5, 0.6) is 0 Å². The molecule has 2 nitrogen and oxygen atoms in total. The fourth-order valence-corrected chi connectivity index (χ4v) is 1.44. The smallest absolute Gasteiger partial charge is 0.254 e. The Balaban J connectivity index is 2.95. The number of carbonyl (C=O) groups is 1. The van der Waals surface area contributed by atoms with E-state index in [0.717, 1.165) is 11.0 Å². The van der Waals surface area contributed by atoms with E-state index in [2.05, 4.69) is 15.9 Å². The molecule has 1 rings (SSSR count). The first kappa shape index (κ1) is 10.3. The van der Waals surface area contributed by atoms with E-state index in [1.54, 1.807) is 11.9 Å². The van der Waals surface area contributed by atoms with Gasteiger partial charge in [0, 0.05) is 18.1 Å². The Morgan fingerprint density at radius 2 is 2.08 bits per heavy atom. The van der Waals surface area contributed by atoms with Gasteiger partial charge in [-0.05, 0) is 35.0 Å². The quantitative estimate of drug-likeness (QED) is 0.780. The standard InChI is InChI=1S/C10H12BrNO/c1-3-12(2)10(13)8-6-4-5-7-9(8)11/h4-7H,3H2,1-2H3. The van der Waals surface area contributed by atoms with Crippen LogP contribution in [0.3, 0.4) is 0 Å². The average molecular weight is 242 g/mol. The average Bonchev–Trinajstić information content (AvgIpc) is 2.16. The molecule has 3 heteroatoms. The van der Waals surface area contributed by atoms with Crippen molar-refractivity contribution in [3.63, 3.8) is 0 Å². The molecule has 0 atom stereocenters. The van der Waals surface area contributed by atoms with Gasteiger partial charge in [0.2, 0.25) is 0 Å². The Kier molecular flexibility index (Phi) is 3.48. The lowest BCUT2D eigenvalue weighted by Gasteiger charge is -2.14. The van der Waals surface area contributed by atoms with Crippen molar-refractivity contribution in [2.75, 3.05) is 13.6 Å². The van der Waals surface area contributed by atoms with Crippen LogP contribution in [0.2, 0.25) is 0 Å². The fourth-order valence-electron chi connectivity index (χ4n) is 0.984. The molecular weight excluding hydrogens is 230 g/mol. The molecule has 0 unspecified atom stereocenters. The maximum atomic E-state index is 11.7. The van der Waals surface area contributed by atoms with E-state index < -0.39 is 0 Å². The first-order chi connectivity index (χ1) is 6.16. The Labute approximate surface area is 86.7 Å². The van der Waals surface area contributed by atoms with Gasteiger partial charge in [0.05, 0.1) is 5.56 Å². The van der Waals surface area contributed by atoms with Gasteiger partial charge in [0.15, 0.2) is 0 Å². The SMILES string of the molecule is CCN(C)C(=O)c1ccccc1Br. The molecule has 0 N–H and O–H groups in total. The van der Waals surface area contributed by atoms with E-state index in [1.807, 2.05) is 31.2 Å². The van der Waals surface area contributed by atoms with Gasteiger partial charge in [-0.1, -0.05) is 12.1 Å². The number of amides is 1. The van der Waals surface area contributed by atoms with Gasteiger partial charge in [-0.2, -0.15) is 0 Å². The Hall–Kier alpha value is -0.830. The van der Waals surface area contributed by atoms with Crippen LogP contribution in [-0.4, -0.2) is 24.4 Å². The molecule has 0 aliphatic rings. The molecule has 0 saturated heterocycles. The van der Waals surface area contributed by atoms with Gasteiger partial charge >= 0.3 is 0 Å². The molecule has 13 heavy (non-hydrogen) atoms. The normalized spacial score (nSPS) is 9.77. The largest absolute Gasteiger partial charge is 0.342 e. The molecule has 0 saturated carbocycles. The highest BCUT2D eigenvalue weighted by Gasteiger charge is 2.11. The molecule has 0 aromatic heterocycles. The van der Waals surface area contributed by atoms with Crippen molar-refractivity contribution in [1.29, 1.82) is 0 Å². The van der Waals surface area contributed by atoms with E-state index in [0.29, 0.717) is 5.56 Å². The first-order valence-electron chi connectivity index (χ1n) is 4.16. The molecule has 1 aromatic carbocycles. The molecule has 70 valence electrons. The summed E-state index contributed by atoms with van der Waals surface area (Å²) in [5, 5.41) is 0. The zero-order chi connectivity index (χ0) is 9.84. The summed E-state index contributed by atoms with van der Waals surface area (Å²) < 4.78 is 0.848. The van der Waals surface area contributed by atoms with Crippen LogP contribution in [0.15, 0.2) is 28.7 Å². The van der Waals surface area contributed by atoms with Gasteiger partial charge in [0.25, 0.3) is 5.91 Å². The van der Waals surface area contributed by atoms with Gasteiger partial charge in [-0.3, -0.25) is 4.79 Å². The van der Waals surface area contributed by atoms with Crippen LogP contribution in [0.25, 0.3) is 0 Å². The maximum Gasteiger partial charge on any atom is 0.254 e. The topological polar surface area (TPSA) is 20.3 Å². The van der Waals surface area contributed by atoms with Crippen LogP contribution in [0.4, 0.5) is 0 Å². The number of hydrogen-bond acceptors (Lipinski definition) is 1. The molecule has 0 fully saturated rings. The summed E-state index contributed by atoms with van der Waals surface area (Å²) in [6.07, 6.45) is 0. The van der Waals surface area contributed by atoms with Crippen molar-refractivity contribution < 1.29 is 4.79 Å². The maximum absolute atomic E-state index is 11.7. The minimum absolute atomic E-state index is 0.0509. The number of hydrogen-bond donors (Lipinski definition) is 0. The van der Waals surface area contributed by atoms with E-state index in [9.17, 15) is 4.79 Å². The van der Waals surface area contributed by atoms with Gasteiger partial charge in [0.1, 0.15) is 0 Å². The van der Waals surface area contributed by atoms with Crippen LogP contribution < -0.4 is 0 Å². The summed E-state index contributed by atoms with van der Waals surface area (Å²) >= 11 is 3.35. The third-order valence-corrected chi connectivity index (χ3v) is 2.62. The van der Waals surface area contributed by atoms with Crippen molar-refractivity contribution in [3.05, 3.63) is 34.3 Å². The Bertz CT molecular complexity index is 312. The monoisotopic (exact) mass is 241 g/mol. The summed E-state index contributed by atoms with van der Waals surface area (Å²) in [6.45, 7) is 2.68. The van der Waals surface area contributed by atoms with Crippen molar-refractivity contribution >= 4 is 21.8 Å². The highest BCUT2D eigenvalue weighted by Crippen LogP contribution is 2.17. The van der Waals surface area contributed by atoms with Gasteiger partial charge in [-0.25, -0.2) is 0 Å². The lowest BCUT2D eigenvalue weighted by atomic mass is 10.2. The predicted molar refractivity (Wildman–Crippen MR) is 56.8 cm³/mol. The lowest BCUT2D eigenvalue weighted by molar-refractivity contribution is 0.0801. The minimum Gasteiger partial charge on any atom is -0.342 e. The molecule has 0 aliphatic carbocycles. The first-order valence-corrected chi connectivity index (χ1v) is 4.96. The Morgan fingerprint density at radius 3 is 2.62 bits per heavy atom. The molecule has 0 spiro atoms. The summed E-state index contributed by atoms with van der Waals surface area (Å²) in [7, 11) is 1.79.